The molecule has 0 aliphatic carbocycles. The molecule has 0 amide bonds. The van der Waals surface area contributed by atoms with Gasteiger partial charge in [-0.3, -0.25) is 0 Å². The van der Waals surface area contributed by atoms with Crippen LogP contribution in [0.25, 0.3) is 71.0 Å². The molecule has 0 atom stereocenters. The number of hydrogen-bond acceptors (Lipinski definition) is 1. The molecule has 0 saturated carbocycles. The van der Waals surface area contributed by atoms with Gasteiger partial charge in [-0.1, -0.05) is 97.1 Å². The van der Waals surface area contributed by atoms with Gasteiger partial charge >= 0.3 is 0 Å². The summed E-state index contributed by atoms with van der Waals surface area (Å²) in [5.41, 5.74) is 8.68. The van der Waals surface area contributed by atoms with Gasteiger partial charge in [0.2, 0.25) is 5.69 Å². The lowest BCUT2D eigenvalue weighted by Crippen LogP contribution is -2.00. The van der Waals surface area contributed by atoms with Crippen molar-refractivity contribution >= 4 is 49.3 Å². The number of nitriles is 1. The first-order valence-corrected chi connectivity index (χ1v) is 13.8. The number of para-hydroxylation sites is 5. The van der Waals surface area contributed by atoms with Gasteiger partial charge in [0.25, 0.3) is 0 Å². The SMILES string of the molecule is [C-]#[N+]c1cccc(-c2ccc(-n3c4ccccc4c4ccccc43)cc2C#N)c1-n1c2ccccc2c2ccccc21. The van der Waals surface area contributed by atoms with Crippen LogP contribution in [0.2, 0.25) is 0 Å². The van der Waals surface area contributed by atoms with Crippen molar-refractivity contribution in [2.24, 2.45) is 0 Å². The first-order valence-electron chi connectivity index (χ1n) is 13.8. The molecule has 0 saturated heterocycles. The summed E-state index contributed by atoms with van der Waals surface area (Å²) in [6, 6.07) is 47.6. The predicted molar refractivity (Wildman–Crippen MR) is 172 cm³/mol. The van der Waals surface area contributed by atoms with Gasteiger partial charge in [-0.25, -0.2) is 4.85 Å². The Labute approximate surface area is 242 Å². The van der Waals surface area contributed by atoms with E-state index < -0.39 is 0 Å². The molecule has 4 nitrogen and oxygen atoms in total. The predicted octanol–water partition coefficient (Wildman–Crippen LogP) is 9.97. The van der Waals surface area contributed by atoms with E-state index in [-0.39, 0.29) is 0 Å². The van der Waals surface area contributed by atoms with Gasteiger partial charge in [0, 0.05) is 32.8 Å². The molecule has 2 heterocycles. The van der Waals surface area contributed by atoms with Crippen molar-refractivity contribution < 1.29 is 0 Å². The molecule has 0 fully saturated rings. The average Bonchev–Trinajstić information content (AvgIpc) is 3.57. The fourth-order valence-electron chi connectivity index (χ4n) is 6.44. The van der Waals surface area contributed by atoms with Crippen molar-refractivity contribution in [2.45, 2.75) is 0 Å². The van der Waals surface area contributed by atoms with Crippen molar-refractivity contribution in [3.8, 4) is 28.6 Å². The highest BCUT2D eigenvalue weighted by molar-refractivity contribution is 6.11. The van der Waals surface area contributed by atoms with Crippen LogP contribution in [0, 0.1) is 17.9 Å². The van der Waals surface area contributed by atoms with E-state index in [1.165, 1.54) is 10.8 Å². The molecule has 194 valence electrons. The smallest absolute Gasteiger partial charge is 0.211 e. The van der Waals surface area contributed by atoms with Crippen molar-refractivity contribution in [1.29, 1.82) is 5.26 Å². The van der Waals surface area contributed by atoms with Gasteiger partial charge in [0.15, 0.2) is 0 Å². The van der Waals surface area contributed by atoms with Crippen LogP contribution in [0.1, 0.15) is 5.56 Å². The van der Waals surface area contributed by atoms with Crippen molar-refractivity contribution in [1.82, 2.24) is 9.13 Å². The molecular formula is C38H22N4. The van der Waals surface area contributed by atoms with Crippen molar-refractivity contribution in [2.75, 3.05) is 0 Å². The molecule has 8 aromatic rings. The van der Waals surface area contributed by atoms with Gasteiger partial charge < -0.3 is 9.13 Å². The summed E-state index contributed by atoms with van der Waals surface area (Å²) in [4.78, 5) is 3.95. The highest BCUT2D eigenvalue weighted by Gasteiger charge is 2.21. The Kier molecular flexibility index (Phi) is 5.22. The molecule has 42 heavy (non-hydrogen) atoms. The summed E-state index contributed by atoms with van der Waals surface area (Å²) < 4.78 is 4.40. The van der Waals surface area contributed by atoms with E-state index >= 15 is 0 Å². The minimum Gasteiger partial charge on any atom is -0.318 e. The second-order valence-corrected chi connectivity index (χ2v) is 10.4. The first kappa shape index (κ1) is 23.8. The van der Waals surface area contributed by atoms with Crippen LogP contribution in [-0.4, -0.2) is 9.13 Å². The molecule has 0 N–H and O–H groups in total. The minimum atomic E-state index is 0.536. The Bertz CT molecular complexity index is 2340. The lowest BCUT2D eigenvalue weighted by Gasteiger charge is -2.18. The summed E-state index contributed by atoms with van der Waals surface area (Å²) in [5.74, 6) is 0. The molecule has 0 radical (unpaired) electrons. The molecule has 2 aromatic heterocycles. The van der Waals surface area contributed by atoms with Crippen LogP contribution in [-0.2, 0) is 0 Å². The second kappa shape index (κ2) is 9.24. The molecular weight excluding hydrogens is 512 g/mol. The summed E-state index contributed by atoms with van der Waals surface area (Å²) in [6.45, 7) is 8.09. The summed E-state index contributed by atoms with van der Waals surface area (Å²) in [5, 5.41) is 15.1. The zero-order valence-electron chi connectivity index (χ0n) is 22.5. The Morgan fingerprint density at radius 3 is 1.52 bits per heavy atom. The number of rotatable bonds is 3. The Morgan fingerprint density at radius 2 is 1.02 bits per heavy atom. The fourth-order valence-corrected chi connectivity index (χ4v) is 6.44. The lowest BCUT2D eigenvalue weighted by molar-refractivity contribution is 1.17. The molecule has 0 spiro atoms. The lowest BCUT2D eigenvalue weighted by atomic mass is 9.97. The normalized spacial score (nSPS) is 11.3. The quantitative estimate of drug-likeness (QED) is 0.208. The topological polar surface area (TPSA) is 38.0 Å². The van der Waals surface area contributed by atoms with E-state index in [2.05, 4.69) is 86.8 Å². The third kappa shape index (κ3) is 3.33. The van der Waals surface area contributed by atoms with Crippen molar-refractivity contribution in [3.63, 3.8) is 0 Å². The van der Waals surface area contributed by atoms with Gasteiger partial charge in [-0.05, 0) is 42.0 Å². The van der Waals surface area contributed by atoms with Crippen LogP contribution >= 0.6 is 0 Å². The molecule has 0 bridgehead atoms. The zero-order chi connectivity index (χ0) is 28.2. The third-order valence-corrected chi connectivity index (χ3v) is 8.19. The van der Waals surface area contributed by atoms with E-state index in [4.69, 9.17) is 6.57 Å². The molecule has 0 unspecified atom stereocenters. The van der Waals surface area contributed by atoms with Crippen LogP contribution in [0.5, 0.6) is 0 Å². The first-order chi connectivity index (χ1) is 20.8. The van der Waals surface area contributed by atoms with Crippen molar-refractivity contribution in [3.05, 3.63) is 150 Å². The fraction of sp³-hybridized carbons (Fsp3) is 0. The van der Waals surface area contributed by atoms with Crippen LogP contribution in [0.4, 0.5) is 5.69 Å². The van der Waals surface area contributed by atoms with E-state index in [9.17, 15) is 5.26 Å². The maximum atomic E-state index is 10.5. The number of fused-ring (bicyclic) bond motifs is 6. The molecule has 0 aliphatic heterocycles. The van der Waals surface area contributed by atoms with Gasteiger partial charge in [-0.2, -0.15) is 5.26 Å². The Balaban J connectivity index is 1.41. The summed E-state index contributed by atoms with van der Waals surface area (Å²) in [7, 11) is 0. The van der Waals surface area contributed by atoms with E-state index in [0.29, 0.717) is 11.3 Å². The Morgan fingerprint density at radius 1 is 0.524 bits per heavy atom. The monoisotopic (exact) mass is 534 g/mol. The molecule has 0 aliphatic rings. The summed E-state index contributed by atoms with van der Waals surface area (Å²) >= 11 is 0. The number of hydrogen-bond donors (Lipinski definition) is 0. The van der Waals surface area contributed by atoms with Gasteiger partial charge in [0.1, 0.15) is 0 Å². The van der Waals surface area contributed by atoms with Crippen LogP contribution < -0.4 is 0 Å². The molecule has 6 aromatic carbocycles. The Hall–Kier alpha value is -6.10. The number of aromatic nitrogens is 2. The largest absolute Gasteiger partial charge is 0.318 e. The second-order valence-electron chi connectivity index (χ2n) is 10.4. The molecule has 8 rings (SSSR count). The molecule has 4 heteroatoms. The zero-order valence-corrected chi connectivity index (χ0v) is 22.5. The highest BCUT2D eigenvalue weighted by atomic mass is 15.0. The highest BCUT2D eigenvalue weighted by Crippen LogP contribution is 2.42. The van der Waals surface area contributed by atoms with E-state index in [1.54, 1.807) is 0 Å². The maximum Gasteiger partial charge on any atom is 0.211 e. The van der Waals surface area contributed by atoms with E-state index in [0.717, 1.165) is 55.3 Å². The van der Waals surface area contributed by atoms with Gasteiger partial charge in [0.05, 0.1) is 46.0 Å². The van der Waals surface area contributed by atoms with Crippen LogP contribution in [0.15, 0.2) is 133 Å². The number of benzene rings is 6. The van der Waals surface area contributed by atoms with Crippen LogP contribution in [0.3, 0.4) is 0 Å². The minimum absolute atomic E-state index is 0.536. The standard InChI is InChI=1S/C38H22N4/c1-40-33-16-10-15-32(38(33)42-36-19-8-4-13-30(36)31-14-5-9-20-37(31)42)27-22-21-26(23-25(27)24-39)41-34-17-6-2-11-28(34)29-12-3-7-18-35(29)41/h2-23H. The third-order valence-electron chi connectivity index (χ3n) is 8.19. The van der Waals surface area contributed by atoms with E-state index in [1.807, 2.05) is 66.7 Å². The summed E-state index contributed by atoms with van der Waals surface area (Å²) in [6.07, 6.45) is 0. The average molecular weight is 535 g/mol. The maximum absolute atomic E-state index is 10.5. The van der Waals surface area contributed by atoms with Gasteiger partial charge in [-0.15, -0.1) is 0 Å². The number of nitrogens with zero attached hydrogens (tertiary/aromatic N) is 4.